The van der Waals surface area contributed by atoms with Gasteiger partial charge in [0.05, 0.1) is 24.5 Å². The van der Waals surface area contributed by atoms with E-state index in [0.29, 0.717) is 28.7 Å². The number of hydrogen-bond donors (Lipinski definition) is 3. The van der Waals surface area contributed by atoms with Gasteiger partial charge in [-0.25, -0.2) is 4.98 Å². The first kappa shape index (κ1) is 23.9. The predicted octanol–water partition coefficient (Wildman–Crippen LogP) is 2.70. The second-order valence-electron chi connectivity index (χ2n) is 8.74. The number of piperidine rings is 1. The van der Waals surface area contributed by atoms with Crippen molar-refractivity contribution in [1.82, 2.24) is 29.6 Å². The minimum absolute atomic E-state index is 0.00354. The summed E-state index contributed by atoms with van der Waals surface area (Å²) in [6.07, 6.45) is 8.45. The van der Waals surface area contributed by atoms with Crippen LogP contribution in [0.3, 0.4) is 0 Å². The molecule has 1 amide bonds. The summed E-state index contributed by atoms with van der Waals surface area (Å²) in [5.41, 5.74) is 1.98. The molecule has 0 aliphatic carbocycles. The van der Waals surface area contributed by atoms with Crippen molar-refractivity contribution in [3.05, 3.63) is 83.1 Å². The molecule has 4 aromatic rings. The first-order chi connectivity index (χ1) is 18.0. The third-order valence-electron chi connectivity index (χ3n) is 6.21. The number of carbonyl (C=O) groups excluding carboxylic acids is 1. The lowest BCUT2D eigenvalue weighted by Crippen LogP contribution is -2.29. The molecule has 3 N–H and O–H groups in total. The summed E-state index contributed by atoms with van der Waals surface area (Å²) in [6, 6.07) is 10.9. The molecule has 11 heteroatoms. The van der Waals surface area contributed by atoms with Crippen molar-refractivity contribution in [1.29, 1.82) is 5.26 Å². The van der Waals surface area contributed by atoms with Gasteiger partial charge in [0.1, 0.15) is 17.3 Å². The number of pyridine rings is 1. The van der Waals surface area contributed by atoms with Crippen LogP contribution in [-0.2, 0) is 11.3 Å². The molecular weight excluding hydrogens is 470 g/mol. The van der Waals surface area contributed by atoms with Crippen LogP contribution in [-0.4, -0.2) is 43.3 Å². The summed E-state index contributed by atoms with van der Waals surface area (Å²) in [7, 11) is 0. The van der Waals surface area contributed by atoms with Gasteiger partial charge in [0.25, 0.3) is 5.56 Å². The second kappa shape index (κ2) is 10.4. The van der Waals surface area contributed by atoms with Crippen LogP contribution in [0.5, 0.6) is 0 Å². The van der Waals surface area contributed by atoms with Crippen LogP contribution in [0.25, 0.3) is 11.0 Å². The molecule has 4 heterocycles. The lowest BCUT2D eigenvalue weighted by molar-refractivity contribution is -0.111. The lowest BCUT2D eigenvalue weighted by Gasteiger charge is -2.22. The molecule has 0 radical (unpaired) electrons. The van der Waals surface area contributed by atoms with Gasteiger partial charge in [-0.15, -0.1) is 0 Å². The van der Waals surface area contributed by atoms with Crippen LogP contribution in [0.15, 0.2) is 66.4 Å². The highest BCUT2D eigenvalue weighted by atomic mass is 16.1. The summed E-state index contributed by atoms with van der Waals surface area (Å²) < 4.78 is 3.39. The number of rotatable bonds is 7. The number of carbonyl (C=O) groups is 1. The summed E-state index contributed by atoms with van der Waals surface area (Å²) in [5.74, 6) is -0.0274. The van der Waals surface area contributed by atoms with Crippen LogP contribution >= 0.6 is 0 Å². The fourth-order valence-electron chi connectivity index (χ4n) is 4.37. The Balaban J connectivity index is 1.47. The fourth-order valence-corrected chi connectivity index (χ4v) is 4.37. The normalized spacial score (nSPS) is 13.7. The van der Waals surface area contributed by atoms with Crippen molar-refractivity contribution >= 4 is 34.3 Å². The van der Waals surface area contributed by atoms with E-state index in [1.807, 2.05) is 23.0 Å². The molecule has 0 saturated carbocycles. The molecule has 37 heavy (non-hydrogen) atoms. The molecule has 1 saturated heterocycles. The Bertz CT molecular complexity index is 1580. The first-order valence-electron chi connectivity index (χ1n) is 11.9. The lowest BCUT2D eigenvalue weighted by atomic mass is 10.1. The number of anilines is 3. The van der Waals surface area contributed by atoms with E-state index in [4.69, 9.17) is 0 Å². The zero-order valence-corrected chi connectivity index (χ0v) is 20.0. The number of nitriles is 1. The van der Waals surface area contributed by atoms with Gasteiger partial charge in [-0.1, -0.05) is 18.7 Å². The number of nitrogens with one attached hydrogen (secondary N) is 3. The fraction of sp³-hybridized carbons (Fsp3) is 0.231. The average molecular weight is 496 g/mol. The molecule has 0 atom stereocenters. The van der Waals surface area contributed by atoms with Gasteiger partial charge in [-0.3, -0.25) is 18.8 Å². The summed E-state index contributed by atoms with van der Waals surface area (Å²) in [5, 5.41) is 23.8. The Morgan fingerprint density at radius 3 is 2.86 bits per heavy atom. The summed E-state index contributed by atoms with van der Waals surface area (Å²) in [4.78, 5) is 33.8. The van der Waals surface area contributed by atoms with Gasteiger partial charge in [-0.2, -0.15) is 15.3 Å². The Labute approximate surface area is 212 Å². The molecule has 0 bridgehead atoms. The molecule has 5 rings (SSSR count). The molecule has 3 aromatic heterocycles. The SMILES string of the molecule is C=CC(=O)Nc1cccc(Cn2c(=O)c(C#N)cc3cnc(Nc4cnn(C5CCNCC5)c4)nc32)c1. The predicted molar refractivity (Wildman–Crippen MR) is 140 cm³/mol. The highest BCUT2D eigenvalue weighted by Gasteiger charge is 2.17. The third kappa shape index (κ3) is 5.24. The van der Waals surface area contributed by atoms with Crippen LogP contribution in [0.1, 0.15) is 30.0 Å². The van der Waals surface area contributed by atoms with E-state index in [1.54, 1.807) is 30.6 Å². The van der Waals surface area contributed by atoms with Crippen molar-refractivity contribution in [2.75, 3.05) is 23.7 Å². The molecule has 1 aliphatic rings. The molecule has 1 fully saturated rings. The second-order valence-corrected chi connectivity index (χ2v) is 8.74. The Morgan fingerprint density at radius 2 is 2.08 bits per heavy atom. The van der Waals surface area contributed by atoms with E-state index in [0.717, 1.165) is 37.2 Å². The third-order valence-corrected chi connectivity index (χ3v) is 6.21. The van der Waals surface area contributed by atoms with E-state index in [1.165, 1.54) is 16.7 Å². The van der Waals surface area contributed by atoms with Gasteiger partial charge in [0.2, 0.25) is 11.9 Å². The van der Waals surface area contributed by atoms with E-state index >= 15 is 0 Å². The van der Waals surface area contributed by atoms with Crippen molar-refractivity contribution in [3.8, 4) is 6.07 Å². The molecule has 1 aromatic carbocycles. The van der Waals surface area contributed by atoms with Crippen molar-refractivity contribution in [2.45, 2.75) is 25.4 Å². The van der Waals surface area contributed by atoms with Gasteiger partial charge in [-0.05, 0) is 55.8 Å². The first-order valence-corrected chi connectivity index (χ1v) is 11.9. The maximum atomic E-state index is 13.1. The Hall–Kier alpha value is -4.82. The Kier molecular flexibility index (Phi) is 6.74. The van der Waals surface area contributed by atoms with Crippen LogP contribution < -0.4 is 21.5 Å². The van der Waals surface area contributed by atoms with Crippen molar-refractivity contribution < 1.29 is 4.79 Å². The van der Waals surface area contributed by atoms with E-state index < -0.39 is 5.56 Å². The van der Waals surface area contributed by atoms with Gasteiger partial charge in [0, 0.05) is 23.5 Å². The minimum atomic E-state index is -0.459. The maximum absolute atomic E-state index is 13.1. The smallest absolute Gasteiger partial charge is 0.270 e. The Morgan fingerprint density at radius 1 is 1.24 bits per heavy atom. The molecule has 11 nitrogen and oxygen atoms in total. The minimum Gasteiger partial charge on any atom is -0.323 e. The molecule has 0 unspecified atom stereocenters. The van der Waals surface area contributed by atoms with E-state index in [-0.39, 0.29) is 18.0 Å². The molecule has 1 aliphatic heterocycles. The van der Waals surface area contributed by atoms with Crippen LogP contribution in [0.2, 0.25) is 0 Å². The molecule has 186 valence electrons. The van der Waals surface area contributed by atoms with Gasteiger partial charge in [0.15, 0.2) is 0 Å². The topological polar surface area (TPSA) is 143 Å². The highest BCUT2D eigenvalue weighted by Crippen LogP contribution is 2.22. The number of hydrogen-bond acceptors (Lipinski definition) is 8. The van der Waals surface area contributed by atoms with Gasteiger partial charge < -0.3 is 16.0 Å². The largest absolute Gasteiger partial charge is 0.323 e. The van der Waals surface area contributed by atoms with E-state index in [2.05, 4.69) is 37.6 Å². The van der Waals surface area contributed by atoms with Crippen molar-refractivity contribution in [2.24, 2.45) is 0 Å². The zero-order valence-electron chi connectivity index (χ0n) is 20.0. The number of fused-ring (bicyclic) bond motifs is 1. The molecule has 0 spiro atoms. The monoisotopic (exact) mass is 495 g/mol. The number of benzene rings is 1. The summed E-state index contributed by atoms with van der Waals surface area (Å²) >= 11 is 0. The number of nitrogens with zero attached hydrogens (tertiary/aromatic N) is 6. The molecular formula is C26H25N9O2. The average Bonchev–Trinajstić information content (AvgIpc) is 3.39. The zero-order chi connectivity index (χ0) is 25.8. The van der Waals surface area contributed by atoms with Crippen LogP contribution in [0, 0.1) is 11.3 Å². The standard InChI is InChI=1S/C26H25N9O2/c1-2-23(36)31-20-5-3-4-17(10-20)15-34-24-19(11-18(12-27)25(34)37)13-29-26(33-24)32-21-14-30-35(16-21)22-6-8-28-9-7-22/h2-5,10-11,13-14,16,22,28H,1,6-9,15H2,(H,31,36)(H,29,32,33). The maximum Gasteiger partial charge on any atom is 0.270 e. The van der Waals surface area contributed by atoms with Gasteiger partial charge >= 0.3 is 0 Å². The van der Waals surface area contributed by atoms with Crippen LogP contribution in [0.4, 0.5) is 17.3 Å². The quantitative estimate of drug-likeness (QED) is 0.332. The number of aromatic nitrogens is 5. The summed E-state index contributed by atoms with van der Waals surface area (Å²) in [6.45, 7) is 5.53. The highest BCUT2D eigenvalue weighted by molar-refractivity contribution is 5.98. The van der Waals surface area contributed by atoms with E-state index in [9.17, 15) is 14.9 Å². The van der Waals surface area contributed by atoms with Crippen molar-refractivity contribution in [3.63, 3.8) is 0 Å². The number of amides is 1.